The van der Waals surface area contributed by atoms with E-state index in [4.69, 9.17) is 5.73 Å². The van der Waals surface area contributed by atoms with Gasteiger partial charge < -0.3 is 11.1 Å². The van der Waals surface area contributed by atoms with E-state index in [9.17, 15) is 4.79 Å². The number of amides is 1. The lowest BCUT2D eigenvalue weighted by Gasteiger charge is -2.07. The minimum atomic E-state index is -0.0881. The molecule has 2 rings (SSSR count). The van der Waals surface area contributed by atoms with E-state index in [1.807, 2.05) is 37.3 Å². The van der Waals surface area contributed by atoms with Gasteiger partial charge in [-0.1, -0.05) is 37.3 Å². The lowest BCUT2D eigenvalue weighted by molar-refractivity contribution is 0.0957. The summed E-state index contributed by atoms with van der Waals surface area (Å²) in [5.41, 5.74) is 8.70. The summed E-state index contributed by atoms with van der Waals surface area (Å²) in [6, 6.07) is 9.96. The molecule has 1 amide bonds. The van der Waals surface area contributed by atoms with Gasteiger partial charge in [-0.2, -0.15) is 0 Å². The molecule has 0 aliphatic carbocycles. The Morgan fingerprint density at radius 3 is 2.53 bits per heavy atom. The number of nitrogens with two attached hydrogens (primary N) is 1. The van der Waals surface area contributed by atoms with Crippen LogP contribution >= 0.6 is 11.3 Å². The average molecular weight is 274 g/mol. The normalized spacial score (nSPS) is 10.4. The van der Waals surface area contributed by atoms with Crippen LogP contribution in [0.1, 0.15) is 29.1 Å². The minimum Gasteiger partial charge on any atom is -0.390 e. The van der Waals surface area contributed by atoms with Crippen LogP contribution in [0.4, 0.5) is 5.00 Å². The topological polar surface area (TPSA) is 55.1 Å². The predicted octanol–water partition coefficient (Wildman–Crippen LogP) is 3.31. The Bertz CT molecular complexity index is 575. The Morgan fingerprint density at radius 1 is 1.26 bits per heavy atom. The Morgan fingerprint density at radius 2 is 1.95 bits per heavy atom. The van der Waals surface area contributed by atoms with Gasteiger partial charge in [0.1, 0.15) is 0 Å². The third kappa shape index (κ3) is 2.63. The van der Waals surface area contributed by atoms with E-state index in [2.05, 4.69) is 12.2 Å². The maximum Gasteiger partial charge on any atom is 0.254 e. The molecule has 0 radical (unpaired) electrons. The van der Waals surface area contributed by atoms with Crippen molar-refractivity contribution in [1.29, 1.82) is 0 Å². The van der Waals surface area contributed by atoms with E-state index in [1.54, 1.807) is 0 Å². The predicted molar refractivity (Wildman–Crippen MR) is 81.6 cm³/mol. The van der Waals surface area contributed by atoms with E-state index >= 15 is 0 Å². The molecule has 2 aromatic rings. The second-order valence-electron chi connectivity index (χ2n) is 4.22. The van der Waals surface area contributed by atoms with Crippen LogP contribution in [0.15, 0.2) is 30.3 Å². The number of hydrogen-bond acceptors (Lipinski definition) is 3. The van der Waals surface area contributed by atoms with Crippen LogP contribution in [0.5, 0.6) is 0 Å². The fourth-order valence-corrected chi connectivity index (χ4v) is 3.16. The summed E-state index contributed by atoms with van der Waals surface area (Å²) in [6.07, 6.45) is 0.874. The molecule has 100 valence electrons. The fraction of sp³-hybridized carbons (Fsp3) is 0.267. The summed E-state index contributed by atoms with van der Waals surface area (Å²) >= 11 is 1.51. The molecule has 0 saturated heterocycles. The van der Waals surface area contributed by atoms with Crippen LogP contribution in [-0.2, 0) is 6.42 Å². The van der Waals surface area contributed by atoms with Gasteiger partial charge in [-0.05, 0) is 18.9 Å². The zero-order chi connectivity index (χ0) is 13.8. The summed E-state index contributed by atoms with van der Waals surface area (Å²) in [4.78, 5) is 13.4. The average Bonchev–Trinajstić information content (AvgIpc) is 2.77. The van der Waals surface area contributed by atoms with E-state index in [0.717, 1.165) is 22.4 Å². The van der Waals surface area contributed by atoms with Gasteiger partial charge in [0, 0.05) is 17.0 Å². The van der Waals surface area contributed by atoms with Gasteiger partial charge in [0.05, 0.1) is 10.6 Å². The smallest absolute Gasteiger partial charge is 0.254 e. The standard InChI is InChI=1S/C15H18N2OS/c1-3-11-12(10-8-6-5-7-9-10)13(14(16)19-11)15(18)17-4-2/h5-9H,3-4,16H2,1-2H3,(H,17,18). The van der Waals surface area contributed by atoms with Crippen LogP contribution in [0.25, 0.3) is 11.1 Å². The van der Waals surface area contributed by atoms with Crippen LogP contribution < -0.4 is 11.1 Å². The number of thiophene rings is 1. The number of aryl methyl sites for hydroxylation is 1. The summed E-state index contributed by atoms with van der Waals surface area (Å²) in [5.74, 6) is -0.0881. The van der Waals surface area contributed by atoms with Gasteiger partial charge >= 0.3 is 0 Å². The molecule has 0 bridgehead atoms. The first-order chi connectivity index (χ1) is 9.19. The molecule has 0 spiro atoms. The van der Waals surface area contributed by atoms with Crippen molar-refractivity contribution >= 4 is 22.2 Å². The lowest BCUT2D eigenvalue weighted by Crippen LogP contribution is -2.23. The molecule has 4 heteroatoms. The fourth-order valence-electron chi connectivity index (χ4n) is 2.13. The first-order valence-corrected chi connectivity index (χ1v) is 7.25. The van der Waals surface area contributed by atoms with Gasteiger partial charge in [-0.3, -0.25) is 4.79 Å². The van der Waals surface area contributed by atoms with Crippen LogP contribution in [0.3, 0.4) is 0 Å². The van der Waals surface area contributed by atoms with Crippen molar-refractivity contribution in [3.63, 3.8) is 0 Å². The Labute approximate surface area is 117 Å². The third-order valence-electron chi connectivity index (χ3n) is 2.96. The van der Waals surface area contributed by atoms with Crippen molar-refractivity contribution in [2.45, 2.75) is 20.3 Å². The highest BCUT2D eigenvalue weighted by Crippen LogP contribution is 2.38. The maximum absolute atomic E-state index is 12.2. The zero-order valence-corrected chi connectivity index (χ0v) is 12.0. The Balaban J connectivity index is 2.60. The molecule has 0 atom stereocenters. The SMILES string of the molecule is CCNC(=O)c1c(N)sc(CC)c1-c1ccccc1. The monoisotopic (exact) mass is 274 g/mol. The van der Waals surface area contributed by atoms with Crippen molar-refractivity contribution in [3.05, 3.63) is 40.8 Å². The lowest BCUT2D eigenvalue weighted by atomic mass is 10.00. The molecule has 1 heterocycles. The highest BCUT2D eigenvalue weighted by atomic mass is 32.1. The Hall–Kier alpha value is -1.81. The number of carbonyl (C=O) groups excluding carboxylic acids is 1. The van der Waals surface area contributed by atoms with Crippen LogP contribution in [0, 0.1) is 0 Å². The Kier molecular flexibility index (Phi) is 4.22. The molecule has 0 fully saturated rings. The minimum absolute atomic E-state index is 0.0881. The second-order valence-corrected chi connectivity index (χ2v) is 5.36. The number of carbonyl (C=O) groups is 1. The summed E-state index contributed by atoms with van der Waals surface area (Å²) in [6.45, 7) is 4.59. The quantitative estimate of drug-likeness (QED) is 0.898. The highest BCUT2D eigenvalue weighted by Gasteiger charge is 2.22. The number of nitrogen functional groups attached to an aromatic ring is 1. The van der Waals surface area contributed by atoms with Gasteiger partial charge in [-0.25, -0.2) is 0 Å². The molecular weight excluding hydrogens is 256 g/mol. The third-order valence-corrected chi connectivity index (χ3v) is 4.12. The number of hydrogen-bond donors (Lipinski definition) is 2. The summed E-state index contributed by atoms with van der Waals surface area (Å²) < 4.78 is 0. The first kappa shape index (κ1) is 13.6. The van der Waals surface area contributed by atoms with E-state index in [-0.39, 0.29) is 5.91 Å². The zero-order valence-electron chi connectivity index (χ0n) is 11.2. The largest absolute Gasteiger partial charge is 0.390 e. The van der Waals surface area contributed by atoms with Crippen molar-refractivity contribution in [1.82, 2.24) is 5.32 Å². The number of nitrogens with one attached hydrogen (secondary N) is 1. The van der Waals surface area contributed by atoms with E-state index in [1.165, 1.54) is 11.3 Å². The number of rotatable bonds is 4. The molecule has 0 aliphatic heterocycles. The van der Waals surface area contributed by atoms with Gasteiger partial charge in [0.25, 0.3) is 5.91 Å². The number of benzene rings is 1. The molecule has 0 saturated carbocycles. The molecule has 1 aromatic heterocycles. The molecule has 0 unspecified atom stereocenters. The van der Waals surface area contributed by atoms with Crippen molar-refractivity contribution < 1.29 is 4.79 Å². The van der Waals surface area contributed by atoms with Crippen LogP contribution in [-0.4, -0.2) is 12.5 Å². The van der Waals surface area contributed by atoms with Crippen molar-refractivity contribution in [3.8, 4) is 11.1 Å². The molecular formula is C15H18N2OS. The maximum atomic E-state index is 12.2. The second kappa shape index (κ2) is 5.89. The summed E-state index contributed by atoms with van der Waals surface area (Å²) in [5, 5.41) is 3.44. The first-order valence-electron chi connectivity index (χ1n) is 6.43. The highest BCUT2D eigenvalue weighted by molar-refractivity contribution is 7.17. The molecule has 3 N–H and O–H groups in total. The van der Waals surface area contributed by atoms with Gasteiger partial charge in [0.2, 0.25) is 0 Å². The van der Waals surface area contributed by atoms with E-state index in [0.29, 0.717) is 17.1 Å². The van der Waals surface area contributed by atoms with Crippen molar-refractivity contribution in [2.75, 3.05) is 12.3 Å². The number of anilines is 1. The van der Waals surface area contributed by atoms with Crippen molar-refractivity contribution in [2.24, 2.45) is 0 Å². The molecule has 3 nitrogen and oxygen atoms in total. The summed E-state index contributed by atoms with van der Waals surface area (Å²) in [7, 11) is 0. The molecule has 19 heavy (non-hydrogen) atoms. The molecule has 1 aromatic carbocycles. The van der Waals surface area contributed by atoms with Gasteiger partial charge in [0.15, 0.2) is 0 Å². The van der Waals surface area contributed by atoms with Crippen LogP contribution in [0.2, 0.25) is 0 Å². The molecule has 0 aliphatic rings. The van der Waals surface area contributed by atoms with Gasteiger partial charge in [-0.15, -0.1) is 11.3 Å². The van der Waals surface area contributed by atoms with E-state index < -0.39 is 0 Å².